The molecule has 1 saturated carbocycles. The quantitative estimate of drug-likeness (QED) is 0.785. The first kappa shape index (κ1) is 9.59. The number of rotatable bonds is 3. The van der Waals surface area contributed by atoms with E-state index in [1.165, 1.54) is 25.0 Å². The van der Waals surface area contributed by atoms with Crippen molar-refractivity contribution in [1.29, 1.82) is 0 Å². The van der Waals surface area contributed by atoms with Crippen molar-refractivity contribution in [3.8, 4) is 0 Å². The van der Waals surface area contributed by atoms with Crippen LogP contribution in [0.5, 0.6) is 0 Å². The van der Waals surface area contributed by atoms with Gasteiger partial charge in [0.2, 0.25) is 0 Å². The number of nitrogens with one attached hydrogen (secondary N) is 1. The predicted octanol–water partition coefficient (Wildman–Crippen LogP) is 2.78. The molecule has 1 aliphatic carbocycles. The normalized spacial score (nSPS) is 18.2. The number of benzene rings is 1. The Hall–Kier alpha value is -0.960. The molecule has 1 fully saturated rings. The Morgan fingerprint density at radius 3 is 2.29 bits per heavy atom. The molecule has 2 rings (SSSR count). The monoisotopic (exact) mass is 197 g/mol. The molecule has 0 radical (unpaired) electrons. The summed E-state index contributed by atoms with van der Waals surface area (Å²) in [6, 6.07) is 4.21. The Kier molecular flexibility index (Phi) is 2.50. The molecule has 76 valence electrons. The molecule has 1 nitrogen and oxygen atoms in total. The standard InChI is InChI=1S/C11H13F2N/c1-7(14-11-2-3-11)8-4-9(12)6-10(13)5-8/h4-7,11,14H,2-3H2,1H3. The third-order valence-electron chi connectivity index (χ3n) is 2.45. The van der Waals surface area contributed by atoms with Crippen LogP contribution in [0.3, 0.4) is 0 Å². The van der Waals surface area contributed by atoms with Gasteiger partial charge in [0.1, 0.15) is 11.6 Å². The van der Waals surface area contributed by atoms with Crippen molar-refractivity contribution >= 4 is 0 Å². The third-order valence-corrected chi connectivity index (χ3v) is 2.45. The molecule has 1 atom stereocenters. The average molecular weight is 197 g/mol. The van der Waals surface area contributed by atoms with E-state index in [9.17, 15) is 8.78 Å². The van der Waals surface area contributed by atoms with Crippen LogP contribution in [-0.4, -0.2) is 6.04 Å². The van der Waals surface area contributed by atoms with Crippen LogP contribution < -0.4 is 5.32 Å². The molecule has 1 aromatic carbocycles. The summed E-state index contributed by atoms with van der Waals surface area (Å²) in [6.45, 7) is 1.92. The molecule has 0 aliphatic heterocycles. The first-order valence-electron chi connectivity index (χ1n) is 4.87. The third kappa shape index (κ3) is 2.29. The lowest BCUT2D eigenvalue weighted by molar-refractivity contribution is 0.543. The smallest absolute Gasteiger partial charge is 0.126 e. The average Bonchev–Trinajstić information content (AvgIpc) is 2.86. The summed E-state index contributed by atoms with van der Waals surface area (Å²) < 4.78 is 25.7. The molecular weight excluding hydrogens is 184 g/mol. The van der Waals surface area contributed by atoms with Crippen LogP contribution in [-0.2, 0) is 0 Å². The van der Waals surface area contributed by atoms with Gasteiger partial charge < -0.3 is 5.32 Å². The maximum absolute atomic E-state index is 12.9. The Balaban J connectivity index is 2.12. The van der Waals surface area contributed by atoms with E-state index < -0.39 is 11.6 Å². The van der Waals surface area contributed by atoms with Gasteiger partial charge in [-0.3, -0.25) is 0 Å². The number of hydrogen-bond donors (Lipinski definition) is 1. The highest BCUT2D eigenvalue weighted by molar-refractivity contribution is 5.21. The molecule has 0 spiro atoms. The van der Waals surface area contributed by atoms with Gasteiger partial charge in [0.05, 0.1) is 0 Å². The molecule has 3 heteroatoms. The van der Waals surface area contributed by atoms with E-state index in [2.05, 4.69) is 5.32 Å². The Labute approximate surface area is 82.1 Å². The van der Waals surface area contributed by atoms with E-state index in [-0.39, 0.29) is 6.04 Å². The lowest BCUT2D eigenvalue weighted by Crippen LogP contribution is -2.20. The minimum absolute atomic E-state index is 0.0210. The fourth-order valence-electron chi connectivity index (χ4n) is 1.52. The summed E-state index contributed by atoms with van der Waals surface area (Å²) in [4.78, 5) is 0. The van der Waals surface area contributed by atoms with E-state index in [0.29, 0.717) is 11.6 Å². The van der Waals surface area contributed by atoms with Crippen molar-refractivity contribution in [2.75, 3.05) is 0 Å². The highest BCUT2D eigenvalue weighted by atomic mass is 19.1. The fraction of sp³-hybridized carbons (Fsp3) is 0.455. The van der Waals surface area contributed by atoms with Gasteiger partial charge >= 0.3 is 0 Å². The summed E-state index contributed by atoms with van der Waals surface area (Å²) in [6.07, 6.45) is 2.34. The predicted molar refractivity (Wildman–Crippen MR) is 50.9 cm³/mol. The largest absolute Gasteiger partial charge is 0.307 e. The summed E-state index contributed by atoms with van der Waals surface area (Å²) in [7, 11) is 0. The first-order chi connectivity index (χ1) is 6.65. The minimum Gasteiger partial charge on any atom is -0.307 e. The molecule has 1 unspecified atom stereocenters. The van der Waals surface area contributed by atoms with Crippen LogP contribution in [0.2, 0.25) is 0 Å². The van der Waals surface area contributed by atoms with Crippen molar-refractivity contribution in [3.63, 3.8) is 0 Å². The molecule has 0 bridgehead atoms. The molecular formula is C11H13F2N. The Morgan fingerprint density at radius 1 is 1.21 bits per heavy atom. The second-order valence-corrected chi connectivity index (χ2v) is 3.87. The SMILES string of the molecule is CC(NC1CC1)c1cc(F)cc(F)c1. The Morgan fingerprint density at radius 2 is 1.79 bits per heavy atom. The molecule has 0 saturated heterocycles. The van der Waals surface area contributed by atoms with Crippen LogP contribution in [0.4, 0.5) is 8.78 Å². The molecule has 1 N–H and O–H groups in total. The number of halogens is 2. The Bertz CT molecular complexity index is 314. The van der Waals surface area contributed by atoms with Crippen molar-refractivity contribution in [1.82, 2.24) is 5.32 Å². The van der Waals surface area contributed by atoms with Crippen LogP contribution >= 0.6 is 0 Å². The molecule has 0 amide bonds. The van der Waals surface area contributed by atoms with E-state index in [0.717, 1.165) is 6.07 Å². The van der Waals surface area contributed by atoms with Gasteiger partial charge in [0.15, 0.2) is 0 Å². The maximum Gasteiger partial charge on any atom is 0.126 e. The van der Waals surface area contributed by atoms with Crippen molar-refractivity contribution in [3.05, 3.63) is 35.4 Å². The molecule has 0 aromatic heterocycles. The lowest BCUT2D eigenvalue weighted by atomic mass is 10.1. The van der Waals surface area contributed by atoms with Crippen molar-refractivity contribution < 1.29 is 8.78 Å². The highest BCUT2D eigenvalue weighted by Crippen LogP contribution is 2.24. The second-order valence-electron chi connectivity index (χ2n) is 3.87. The van der Waals surface area contributed by atoms with Gasteiger partial charge in [0, 0.05) is 18.2 Å². The minimum atomic E-state index is -0.510. The fourth-order valence-corrected chi connectivity index (χ4v) is 1.52. The van der Waals surface area contributed by atoms with Gasteiger partial charge in [-0.15, -0.1) is 0 Å². The van der Waals surface area contributed by atoms with Crippen LogP contribution in [0.25, 0.3) is 0 Å². The van der Waals surface area contributed by atoms with Gasteiger partial charge in [-0.1, -0.05) is 0 Å². The van der Waals surface area contributed by atoms with E-state index >= 15 is 0 Å². The summed E-state index contributed by atoms with van der Waals surface area (Å²) in [5, 5.41) is 3.29. The summed E-state index contributed by atoms with van der Waals surface area (Å²) in [5.41, 5.74) is 0.675. The van der Waals surface area contributed by atoms with Gasteiger partial charge in [-0.25, -0.2) is 8.78 Å². The van der Waals surface area contributed by atoms with Crippen molar-refractivity contribution in [2.24, 2.45) is 0 Å². The second kappa shape index (κ2) is 3.65. The molecule has 1 aromatic rings. The van der Waals surface area contributed by atoms with E-state index in [1.54, 1.807) is 0 Å². The van der Waals surface area contributed by atoms with Gasteiger partial charge in [-0.05, 0) is 37.5 Å². The zero-order valence-electron chi connectivity index (χ0n) is 8.06. The van der Waals surface area contributed by atoms with Crippen LogP contribution in [0.1, 0.15) is 31.4 Å². The van der Waals surface area contributed by atoms with Crippen LogP contribution in [0.15, 0.2) is 18.2 Å². The summed E-state index contributed by atoms with van der Waals surface area (Å²) in [5.74, 6) is -1.02. The molecule has 0 heterocycles. The number of hydrogen-bond acceptors (Lipinski definition) is 1. The highest BCUT2D eigenvalue weighted by Gasteiger charge is 2.23. The van der Waals surface area contributed by atoms with E-state index in [4.69, 9.17) is 0 Å². The molecule has 1 aliphatic rings. The van der Waals surface area contributed by atoms with E-state index in [1.807, 2.05) is 6.92 Å². The van der Waals surface area contributed by atoms with Gasteiger partial charge in [0.25, 0.3) is 0 Å². The first-order valence-corrected chi connectivity index (χ1v) is 4.87. The van der Waals surface area contributed by atoms with Crippen molar-refractivity contribution in [2.45, 2.75) is 31.8 Å². The lowest BCUT2D eigenvalue weighted by Gasteiger charge is -2.13. The maximum atomic E-state index is 12.9. The topological polar surface area (TPSA) is 12.0 Å². The molecule has 14 heavy (non-hydrogen) atoms. The zero-order chi connectivity index (χ0) is 10.1. The summed E-state index contributed by atoms with van der Waals surface area (Å²) >= 11 is 0. The van der Waals surface area contributed by atoms with Gasteiger partial charge in [-0.2, -0.15) is 0 Å². The zero-order valence-corrected chi connectivity index (χ0v) is 8.06. The van der Waals surface area contributed by atoms with Crippen LogP contribution in [0, 0.1) is 11.6 Å².